The molecular weight excluding hydrogens is 308 g/mol. The molecule has 0 spiro atoms. The molecule has 5 heteroatoms. The largest absolute Gasteiger partial charge is 0.381 e. The van der Waals surface area contributed by atoms with E-state index in [0.717, 1.165) is 39.0 Å². The van der Waals surface area contributed by atoms with Gasteiger partial charge in [0.05, 0.1) is 6.04 Å². The minimum Gasteiger partial charge on any atom is -0.381 e. The number of primary amides is 1. The molecule has 1 amide bonds. The van der Waals surface area contributed by atoms with Crippen molar-refractivity contribution in [3.05, 3.63) is 35.2 Å². The van der Waals surface area contributed by atoms with Gasteiger partial charge in [0.25, 0.3) is 0 Å². The molecule has 1 saturated heterocycles. The van der Waals surface area contributed by atoms with E-state index < -0.39 is 0 Å². The van der Waals surface area contributed by atoms with Crippen LogP contribution in [0.4, 0.5) is 0 Å². The predicted octanol–water partition coefficient (Wildman–Crippen LogP) is 2.70. The van der Waals surface area contributed by atoms with Crippen LogP contribution >= 0.6 is 11.3 Å². The number of rotatable bonds is 7. The van der Waals surface area contributed by atoms with E-state index in [4.69, 9.17) is 10.5 Å². The second-order valence-electron chi connectivity index (χ2n) is 6.21. The molecule has 124 valence electrons. The van der Waals surface area contributed by atoms with Gasteiger partial charge in [-0.1, -0.05) is 18.2 Å². The van der Waals surface area contributed by atoms with Crippen LogP contribution in [0.3, 0.4) is 0 Å². The van der Waals surface area contributed by atoms with Crippen LogP contribution in [0.2, 0.25) is 0 Å². The van der Waals surface area contributed by atoms with Gasteiger partial charge in [-0.15, -0.1) is 11.3 Å². The van der Waals surface area contributed by atoms with E-state index in [9.17, 15) is 4.79 Å². The summed E-state index contributed by atoms with van der Waals surface area (Å²) in [5, 5.41) is 6.73. The fraction of sp³-hybridized carbons (Fsp3) is 0.500. The lowest BCUT2D eigenvalue weighted by Gasteiger charge is -2.23. The highest BCUT2D eigenvalue weighted by molar-refractivity contribution is 7.17. The maximum atomic E-state index is 11.8. The summed E-state index contributed by atoms with van der Waals surface area (Å²) in [6.45, 7) is 2.57. The van der Waals surface area contributed by atoms with E-state index in [1.165, 1.54) is 15.6 Å². The van der Waals surface area contributed by atoms with Crippen molar-refractivity contribution in [3.63, 3.8) is 0 Å². The molecular formula is C18H24N2O2S. The van der Waals surface area contributed by atoms with Crippen molar-refractivity contribution in [2.75, 3.05) is 19.8 Å². The van der Waals surface area contributed by atoms with Gasteiger partial charge < -0.3 is 15.8 Å². The second-order valence-corrected chi connectivity index (χ2v) is 7.13. The minimum absolute atomic E-state index is 0.271. The number of carbonyl (C=O) groups is 1. The Morgan fingerprint density at radius 3 is 2.91 bits per heavy atom. The number of nitrogens with one attached hydrogen (secondary N) is 1. The highest BCUT2D eigenvalue weighted by atomic mass is 32.1. The summed E-state index contributed by atoms with van der Waals surface area (Å²) in [6, 6.07) is 8.01. The maximum Gasteiger partial charge on any atom is 0.234 e. The molecule has 1 aliphatic heterocycles. The smallest absolute Gasteiger partial charge is 0.234 e. The number of hydrogen-bond donors (Lipinski definition) is 2. The van der Waals surface area contributed by atoms with E-state index in [0.29, 0.717) is 12.3 Å². The Labute approximate surface area is 141 Å². The molecule has 0 radical (unpaired) electrons. The summed E-state index contributed by atoms with van der Waals surface area (Å²) in [7, 11) is 0. The number of ether oxygens (including phenoxy) is 1. The van der Waals surface area contributed by atoms with Gasteiger partial charge in [-0.3, -0.25) is 4.79 Å². The number of thiophene rings is 1. The van der Waals surface area contributed by atoms with Gasteiger partial charge in [-0.05, 0) is 60.5 Å². The highest BCUT2D eigenvalue weighted by Crippen LogP contribution is 2.26. The van der Waals surface area contributed by atoms with Crippen LogP contribution in [0.25, 0.3) is 10.1 Å². The summed E-state index contributed by atoms with van der Waals surface area (Å²) in [4.78, 5) is 11.8. The summed E-state index contributed by atoms with van der Waals surface area (Å²) in [5.41, 5.74) is 6.80. The van der Waals surface area contributed by atoms with Gasteiger partial charge in [0.2, 0.25) is 5.91 Å². The zero-order valence-electron chi connectivity index (χ0n) is 13.3. The molecule has 0 saturated carbocycles. The molecule has 2 heterocycles. The number of benzene rings is 1. The van der Waals surface area contributed by atoms with E-state index in [2.05, 4.69) is 22.8 Å². The van der Waals surface area contributed by atoms with E-state index in [1.54, 1.807) is 11.3 Å². The molecule has 1 aromatic heterocycles. The molecule has 0 bridgehead atoms. The number of fused-ring (bicyclic) bond motifs is 1. The topological polar surface area (TPSA) is 64.4 Å². The van der Waals surface area contributed by atoms with Crippen LogP contribution in [-0.4, -0.2) is 31.7 Å². The Morgan fingerprint density at radius 2 is 2.13 bits per heavy atom. The number of carbonyl (C=O) groups excluding carboxylic acids is 1. The van der Waals surface area contributed by atoms with E-state index >= 15 is 0 Å². The number of nitrogens with two attached hydrogens (primary N) is 1. The number of hydrogen-bond acceptors (Lipinski definition) is 4. The first-order valence-electron chi connectivity index (χ1n) is 8.29. The Bertz CT molecular complexity index is 649. The van der Waals surface area contributed by atoms with Crippen LogP contribution < -0.4 is 11.1 Å². The zero-order valence-corrected chi connectivity index (χ0v) is 14.1. The van der Waals surface area contributed by atoms with E-state index in [-0.39, 0.29) is 11.9 Å². The van der Waals surface area contributed by atoms with Crippen LogP contribution in [0.5, 0.6) is 0 Å². The quantitative estimate of drug-likeness (QED) is 0.819. The lowest BCUT2D eigenvalue weighted by Crippen LogP contribution is -2.43. The van der Waals surface area contributed by atoms with E-state index in [1.807, 2.05) is 12.1 Å². The molecule has 1 aromatic carbocycles. The van der Waals surface area contributed by atoms with Gasteiger partial charge >= 0.3 is 0 Å². The number of amides is 1. The highest BCUT2D eigenvalue weighted by Gasteiger charge is 2.19. The first-order chi connectivity index (χ1) is 11.2. The summed E-state index contributed by atoms with van der Waals surface area (Å²) in [6.07, 6.45) is 3.99. The average Bonchev–Trinajstić information content (AvgIpc) is 2.98. The van der Waals surface area contributed by atoms with Crippen molar-refractivity contribution in [1.29, 1.82) is 0 Å². The van der Waals surface area contributed by atoms with Crippen molar-refractivity contribution in [2.24, 2.45) is 11.7 Å². The molecule has 0 aliphatic carbocycles. The lowest BCUT2D eigenvalue weighted by molar-refractivity contribution is -0.120. The molecule has 3 rings (SSSR count). The standard InChI is InChI=1S/C18H24N2O2S/c19-18(21)16(20-8-5-13-6-9-22-10-7-13)11-14-12-23-17-4-2-1-3-15(14)17/h1-4,12-13,16,20H,5-11H2,(H2,19,21)/t16-/m0/s1. The van der Waals surface area contributed by atoms with Crippen molar-refractivity contribution < 1.29 is 9.53 Å². The summed E-state index contributed by atoms with van der Waals surface area (Å²) >= 11 is 1.72. The van der Waals surface area contributed by atoms with Crippen molar-refractivity contribution in [2.45, 2.75) is 31.7 Å². The first kappa shape index (κ1) is 16.4. The SMILES string of the molecule is NC(=O)[C@H](Cc1csc2ccccc12)NCCC1CCOCC1. The lowest BCUT2D eigenvalue weighted by atomic mass is 9.96. The predicted molar refractivity (Wildman–Crippen MR) is 94.7 cm³/mol. The first-order valence-corrected chi connectivity index (χ1v) is 9.17. The Morgan fingerprint density at radius 1 is 1.35 bits per heavy atom. The fourth-order valence-electron chi connectivity index (χ4n) is 3.18. The van der Waals surface area contributed by atoms with Gasteiger partial charge in [-0.25, -0.2) is 0 Å². The molecule has 2 aromatic rings. The summed E-state index contributed by atoms with van der Waals surface area (Å²) < 4.78 is 6.64. The molecule has 23 heavy (non-hydrogen) atoms. The van der Waals surface area contributed by atoms with Gasteiger partial charge in [0.1, 0.15) is 0 Å². The van der Waals surface area contributed by atoms with Crippen molar-refractivity contribution >= 4 is 27.3 Å². The molecule has 4 nitrogen and oxygen atoms in total. The van der Waals surface area contributed by atoms with Gasteiger partial charge in [-0.2, -0.15) is 0 Å². The third-order valence-electron chi connectivity index (χ3n) is 4.61. The maximum absolute atomic E-state index is 11.8. The fourth-order valence-corrected chi connectivity index (χ4v) is 4.16. The summed E-state index contributed by atoms with van der Waals surface area (Å²) in [5.74, 6) is 0.430. The minimum atomic E-state index is -0.298. The monoisotopic (exact) mass is 332 g/mol. The third kappa shape index (κ3) is 4.31. The molecule has 0 unspecified atom stereocenters. The van der Waals surface area contributed by atoms with Gasteiger partial charge in [0.15, 0.2) is 0 Å². The Balaban J connectivity index is 1.57. The van der Waals surface area contributed by atoms with Crippen LogP contribution in [0.1, 0.15) is 24.8 Å². The molecule has 1 aliphatic rings. The van der Waals surface area contributed by atoms with Crippen LogP contribution in [0.15, 0.2) is 29.6 Å². The second kappa shape index (κ2) is 7.90. The third-order valence-corrected chi connectivity index (χ3v) is 5.63. The van der Waals surface area contributed by atoms with Crippen LogP contribution in [0, 0.1) is 5.92 Å². The molecule has 3 N–H and O–H groups in total. The van der Waals surface area contributed by atoms with Gasteiger partial charge in [0, 0.05) is 17.9 Å². The Hall–Kier alpha value is -1.43. The van der Waals surface area contributed by atoms with Crippen LogP contribution in [-0.2, 0) is 16.0 Å². The van der Waals surface area contributed by atoms with Crippen molar-refractivity contribution in [1.82, 2.24) is 5.32 Å². The molecule has 1 fully saturated rings. The normalized spacial score (nSPS) is 17.4. The zero-order chi connectivity index (χ0) is 16.1. The average molecular weight is 332 g/mol. The van der Waals surface area contributed by atoms with Crippen molar-refractivity contribution in [3.8, 4) is 0 Å². The Kier molecular flexibility index (Phi) is 5.65. The molecule has 1 atom stereocenters.